The zero-order valence-electron chi connectivity index (χ0n) is 18.3. The number of hydrogen-bond acceptors (Lipinski definition) is 2. The summed E-state index contributed by atoms with van der Waals surface area (Å²) in [4.78, 5) is 8.55. The summed E-state index contributed by atoms with van der Waals surface area (Å²) < 4.78 is 26.6. The third kappa shape index (κ3) is 6.07. The first-order valence-corrected chi connectivity index (χ1v) is 10.4. The predicted octanol–water partition coefficient (Wildman–Crippen LogP) is 7.35. The molecule has 2 heterocycles. The van der Waals surface area contributed by atoms with Crippen LogP contribution >= 0.6 is 0 Å². The van der Waals surface area contributed by atoms with Crippen molar-refractivity contribution in [2.75, 3.05) is 0 Å². The molecule has 0 atom stereocenters. The molecule has 0 bridgehead atoms. The van der Waals surface area contributed by atoms with Crippen molar-refractivity contribution < 1.29 is 28.9 Å². The Morgan fingerprint density at radius 1 is 0.706 bits per heavy atom. The van der Waals surface area contributed by atoms with Gasteiger partial charge in [0.15, 0.2) is 0 Å². The topological polar surface area (TPSA) is 25.8 Å². The van der Waals surface area contributed by atoms with Gasteiger partial charge in [-0.15, -0.1) is 59.7 Å². The molecule has 0 saturated carbocycles. The van der Waals surface area contributed by atoms with Crippen molar-refractivity contribution in [3.05, 3.63) is 133 Å². The molecule has 5 aromatic rings. The molecule has 1 radical (unpaired) electrons. The molecular formula is C29H20F2IrN2-2. The molecule has 2 nitrogen and oxygen atoms in total. The fourth-order valence-corrected chi connectivity index (χ4v) is 3.39. The van der Waals surface area contributed by atoms with Crippen LogP contribution in [0.1, 0.15) is 5.56 Å². The van der Waals surface area contributed by atoms with Crippen molar-refractivity contribution in [3.63, 3.8) is 0 Å². The van der Waals surface area contributed by atoms with E-state index in [4.69, 9.17) is 0 Å². The molecule has 0 fully saturated rings. The van der Waals surface area contributed by atoms with Gasteiger partial charge < -0.3 is 9.97 Å². The first kappa shape index (κ1) is 25.1. The van der Waals surface area contributed by atoms with E-state index in [1.54, 1.807) is 12.4 Å². The van der Waals surface area contributed by atoms with E-state index in [9.17, 15) is 8.78 Å². The van der Waals surface area contributed by atoms with Gasteiger partial charge in [-0.3, -0.25) is 4.39 Å². The van der Waals surface area contributed by atoms with Crippen LogP contribution in [0.2, 0.25) is 0 Å². The van der Waals surface area contributed by atoms with Gasteiger partial charge in [-0.1, -0.05) is 42.5 Å². The monoisotopic (exact) mass is 627 g/mol. The fraction of sp³-hybridized carbons (Fsp3) is 0.0345. The summed E-state index contributed by atoms with van der Waals surface area (Å²) in [7, 11) is 0. The maximum absolute atomic E-state index is 13.5. The first-order valence-electron chi connectivity index (χ1n) is 10.4. The van der Waals surface area contributed by atoms with Crippen molar-refractivity contribution in [3.8, 4) is 33.6 Å². The molecule has 5 heteroatoms. The summed E-state index contributed by atoms with van der Waals surface area (Å²) >= 11 is 0. The summed E-state index contributed by atoms with van der Waals surface area (Å²) in [6, 6.07) is 33.3. The first-order chi connectivity index (χ1) is 16.1. The second kappa shape index (κ2) is 12.1. The van der Waals surface area contributed by atoms with Gasteiger partial charge in [0.2, 0.25) is 0 Å². The van der Waals surface area contributed by atoms with E-state index in [1.807, 2.05) is 85.8 Å². The van der Waals surface area contributed by atoms with E-state index in [0.717, 1.165) is 40.1 Å². The smallest absolute Gasteiger partial charge is 0.0765 e. The van der Waals surface area contributed by atoms with Crippen LogP contribution in [0.25, 0.3) is 33.6 Å². The van der Waals surface area contributed by atoms with Crippen LogP contribution in [0.15, 0.2) is 103 Å². The molecule has 0 N–H and O–H groups in total. The van der Waals surface area contributed by atoms with Crippen LogP contribution in [0.4, 0.5) is 8.78 Å². The normalized spacial score (nSPS) is 9.97. The maximum atomic E-state index is 13.5. The SMILES string of the molecule is Cc1ccnc(-c2[c-]cc(F)c(F)c2)c1-c1ccccc1.[Ir].[c-]1ccccc1-c1ccccn1. The molecule has 5 rings (SSSR count). The van der Waals surface area contributed by atoms with Gasteiger partial charge >= 0.3 is 0 Å². The summed E-state index contributed by atoms with van der Waals surface area (Å²) in [6.07, 6.45) is 3.45. The van der Waals surface area contributed by atoms with Gasteiger partial charge in [0.25, 0.3) is 0 Å². The predicted molar refractivity (Wildman–Crippen MR) is 127 cm³/mol. The molecule has 0 aliphatic carbocycles. The number of rotatable bonds is 3. The average molecular weight is 627 g/mol. The number of pyridine rings is 2. The standard InChI is InChI=1S/C18H12F2N.C11H8N.Ir/c1-12-9-10-21-18(14-7-8-15(19)16(20)11-14)17(12)13-5-3-2-4-6-13;1-2-6-10(7-3-1)11-8-4-5-9-12-11;/h2-6,8-11H,1H3;1-6,8-9H;/q2*-1;. The van der Waals surface area contributed by atoms with E-state index in [2.05, 4.69) is 22.1 Å². The summed E-state index contributed by atoms with van der Waals surface area (Å²) in [5, 5.41) is 0. The van der Waals surface area contributed by atoms with E-state index in [0.29, 0.717) is 11.3 Å². The second-order valence-electron chi connectivity index (χ2n) is 7.25. The van der Waals surface area contributed by atoms with Crippen molar-refractivity contribution in [2.24, 2.45) is 0 Å². The summed E-state index contributed by atoms with van der Waals surface area (Å²) in [6.45, 7) is 1.97. The van der Waals surface area contributed by atoms with E-state index >= 15 is 0 Å². The Kier molecular flexibility index (Phi) is 8.92. The molecule has 34 heavy (non-hydrogen) atoms. The van der Waals surface area contributed by atoms with Crippen LogP contribution < -0.4 is 0 Å². The van der Waals surface area contributed by atoms with Crippen LogP contribution in [0, 0.1) is 30.7 Å². The number of nitrogens with zero attached hydrogens (tertiary/aromatic N) is 2. The minimum absolute atomic E-state index is 0. The van der Waals surface area contributed by atoms with Crippen LogP contribution in [0.3, 0.4) is 0 Å². The van der Waals surface area contributed by atoms with Crippen LogP contribution in [-0.2, 0) is 20.1 Å². The quantitative estimate of drug-likeness (QED) is 0.196. The Hall–Kier alpha value is -3.53. The van der Waals surface area contributed by atoms with E-state index < -0.39 is 11.6 Å². The van der Waals surface area contributed by atoms with Crippen molar-refractivity contribution in [1.82, 2.24) is 9.97 Å². The Morgan fingerprint density at radius 3 is 2.15 bits per heavy atom. The molecule has 3 aromatic carbocycles. The molecule has 0 aliphatic heterocycles. The zero-order valence-corrected chi connectivity index (χ0v) is 20.7. The minimum atomic E-state index is -0.910. The number of hydrogen-bond donors (Lipinski definition) is 0. The average Bonchev–Trinajstić information content (AvgIpc) is 2.87. The van der Waals surface area contributed by atoms with E-state index in [-0.39, 0.29) is 20.1 Å². The molecule has 171 valence electrons. The Bertz CT molecular complexity index is 1290. The van der Waals surface area contributed by atoms with Gasteiger partial charge in [-0.05, 0) is 47.1 Å². The Labute approximate surface area is 211 Å². The number of benzene rings is 3. The van der Waals surface area contributed by atoms with Gasteiger partial charge in [0.05, 0.1) is 11.6 Å². The Balaban J connectivity index is 0.000000212. The van der Waals surface area contributed by atoms with Gasteiger partial charge in [-0.2, -0.15) is 0 Å². The molecule has 0 saturated heterocycles. The molecular weight excluding hydrogens is 607 g/mol. The minimum Gasteiger partial charge on any atom is -0.305 e. The van der Waals surface area contributed by atoms with Gasteiger partial charge in [0.1, 0.15) is 0 Å². The third-order valence-corrected chi connectivity index (χ3v) is 4.98. The van der Waals surface area contributed by atoms with Crippen molar-refractivity contribution in [1.29, 1.82) is 0 Å². The molecule has 0 aliphatic rings. The Morgan fingerprint density at radius 2 is 1.47 bits per heavy atom. The number of aryl methyl sites for hydroxylation is 1. The largest absolute Gasteiger partial charge is 0.305 e. The maximum Gasteiger partial charge on any atom is 0.0765 e. The molecule has 2 aromatic heterocycles. The van der Waals surface area contributed by atoms with Crippen molar-refractivity contribution in [2.45, 2.75) is 6.92 Å². The molecule has 0 amide bonds. The van der Waals surface area contributed by atoms with E-state index in [1.165, 1.54) is 0 Å². The number of halogens is 2. The van der Waals surface area contributed by atoms with Crippen molar-refractivity contribution >= 4 is 0 Å². The van der Waals surface area contributed by atoms with Crippen LogP contribution in [-0.4, -0.2) is 9.97 Å². The fourth-order valence-electron chi connectivity index (χ4n) is 3.39. The third-order valence-electron chi connectivity index (χ3n) is 4.98. The molecule has 0 spiro atoms. The summed E-state index contributed by atoms with van der Waals surface area (Å²) in [5.41, 5.74) is 5.95. The molecule has 0 unspecified atom stereocenters. The summed E-state index contributed by atoms with van der Waals surface area (Å²) in [5.74, 6) is -1.81. The number of aromatic nitrogens is 2. The van der Waals surface area contributed by atoms with Gasteiger partial charge in [-0.25, -0.2) is 4.39 Å². The second-order valence-corrected chi connectivity index (χ2v) is 7.25. The van der Waals surface area contributed by atoms with Gasteiger partial charge in [0, 0.05) is 32.5 Å². The van der Waals surface area contributed by atoms with Crippen LogP contribution in [0.5, 0.6) is 0 Å². The zero-order chi connectivity index (χ0) is 23.0.